The fourth-order valence-electron chi connectivity index (χ4n) is 7.02. The topological polar surface area (TPSA) is 43.4 Å². The molecule has 8 unspecified atom stereocenters. The van der Waals surface area contributed by atoms with Gasteiger partial charge in [-0.3, -0.25) is 4.79 Å². The summed E-state index contributed by atoms with van der Waals surface area (Å²) in [6.07, 6.45) is 15.2. The number of fused-ring (bicyclic) bond motifs is 12. The lowest BCUT2D eigenvalue weighted by Crippen LogP contribution is -2.36. The van der Waals surface area contributed by atoms with Crippen LogP contribution in [0.25, 0.3) is 0 Å². The second-order valence-electron chi connectivity index (χ2n) is 8.42. The minimum Gasteiger partial charge on any atom is -0.466 e. The Hall–Kier alpha value is -1.38. The molecule has 0 spiro atoms. The van der Waals surface area contributed by atoms with Crippen molar-refractivity contribution in [3.05, 3.63) is 24.3 Å². The molecular weight excluding hydrogens is 312 g/mol. The van der Waals surface area contributed by atoms with Crippen molar-refractivity contribution in [2.75, 3.05) is 7.11 Å². The number of hydrogen-bond donors (Lipinski definition) is 0. The normalized spacial score (nSPS) is 44.1. The molecule has 0 amide bonds. The van der Waals surface area contributed by atoms with Crippen molar-refractivity contribution in [2.45, 2.75) is 46.5 Å². The molecule has 138 valence electrons. The zero-order valence-electron chi connectivity index (χ0n) is 14.7. The molecule has 4 saturated carbocycles. The second kappa shape index (κ2) is 7.09. The molecule has 0 aromatic carbocycles. The third-order valence-electron chi connectivity index (χ3n) is 7.54. The molecule has 3 heteroatoms. The monoisotopic (exact) mass is 344 g/mol. The summed E-state index contributed by atoms with van der Waals surface area (Å²) in [6, 6.07) is 0. The fourth-order valence-corrected chi connectivity index (χ4v) is 7.02. The van der Waals surface area contributed by atoms with Crippen molar-refractivity contribution in [1.29, 1.82) is 0 Å². The summed E-state index contributed by atoms with van der Waals surface area (Å²) in [6.45, 7) is 1.36. The minimum absolute atomic E-state index is 0. The smallest absolute Gasteiger partial charge is 0.330 e. The van der Waals surface area contributed by atoms with Gasteiger partial charge in [-0.1, -0.05) is 19.6 Å². The highest BCUT2D eigenvalue weighted by Gasteiger charge is 2.65. The van der Waals surface area contributed by atoms with Gasteiger partial charge in [0.1, 0.15) is 0 Å². The first-order valence-corrected chi connectivity index (χ1v) is 9.53. The van der Waals surface area contributed by atoms with Crippen LogP contribution < -0.4 is 0 Å². The summed E-state index contributed by atoms with van der Waals surface area (Å²) in [7, 11) is 1.26. The van der Waals surface area contributed by atoms with Crippen molar-refractivity contribution in [2.24, 2.45) is 47.3 Å². The van der Waals surface area contributed by atoms with Crippen LogP contribution in [0.3, 0.4) is 0 Å². The highest BCUT2D eigenvalue weighted by Crippen LogP contribution is 2.71. The molecule has 5 aliphatic carbocycles. The number of methoxy groups -OCH3 is 1. The van der Waals surface area contributed by atoms with Gasteiger partial charge in [-0.05, 0) is 92.4 Å². The van der Waals surface area contributed by atoms with E-state index in [9.17, 15) is 9.59 Å². The van der Waals surface area contributed by atoms with E-state index in [1.165, 1.54) is 44.1 Å². The van der Waals surface area contributed by atoms with Crippen LogP contribution in [0.1, 0.15) is 46.5 Å². The molecule has 25 heavy (non-hydrogen) atoms. The average molecular weight is 344 g/mol. The van der Waals surface area contributed by atoms with E-state index in [0.717, 1.165) is 35.8 Å². The Morgan fingerprint density at radius 1 is 1.00 bits per heavy atom. The Morgan fingerprint density at radius 2 is 1.68 bits per heavy atom. The first-order valence-electron chi connectivity index (χ1n) is 9.53. The summed E-state index contributed by atoms with van der Waals surface area (Å²) < 4.78 is 4.22. The summed E-state index contributed by atoms with van der Waals surface area (Å²) >= 11 is 0. The van der Waals surface area contributed by atoms with Gasteiger partial charge in [0, 0.05) is 6.08 Å². The Bertz CT molecular complexity index is 590. The lowest BCUT2D eigenvalue weighted by Gasteiger charge is -2.40. The van der Waals surface area contributed by atoms with Crippen molar-refractivity contribution in [3.8, 4) is 0 Å². The van der Waals surface area contributed by atoms with E-state index >= 15 is 0 Å². The van der Waals surface area contributed by atoms with E-state index in [-0.39, 0.29) is 13.2 Å². The fraction of sp³-hybridized carbons (Fsp3) is 0.727. The maximum Gasteiger partial charge on any atom is 0.330 e. The quantitative estimate of drug-likeness (QED) is 0.322. The molecule has 0 N–H and O–H groups in total. The van der Waals surface area contributed by atoms with Crippen LogP contribution in [0.5, 0.6) is 0 Å². The Balaban J connectivity index is 0.000000162. The van der Waals surface area contributed by atoms with Gasteiger partial charge in [0.15, 0.2) is 5.78 Å². The molecule has 0 heterocycles. The van der Waals surface area contributed by atoms with E-state index in [4.69, 9.17) is 0 Å². The number of carbonyl (C=O) groups is 2. The zero-order chi connectivity index (χ0) is 16.8. The Morgan fingerprint density at radius 3 is 2.32 bits per heavy atom. The summed E-state index contributed by atoms with van der Waals surface area (Å²) in [5, 5.41) is 0. The first kappa shape index (κ1) is 18.4. The van der Waals surface area contributed by atoms with E-state index in [1.54, 1.807) is 25.7 Å². The molecule has 8 atom stereocenters. The Labute approximate surface area is 151 Å². The second-order valence-corrected chi connectivity index (χ2v) is 8.42. The van der Waals surface area contributed by atoms with Crippen LogP contribution in [-0.2, 0) is 14.3 Å². The summed E-state index contributed by atoms with van der Waals surface area (Å²) in [5.74, 6) is 8.51. The number of esters is 1. The summed E-state index contributed by atoms with van der Waals surface area (Å²) in [5.41, 5.74) is 0. The van der Waals surface area contributed by atoms with Gasteiger partial charge in [-0.15, -0.1) is 0 Å². The van der Waals surface area contributed by atoms with Gasteiger partial charge in [-0.2, -0.15) is 0 Å². The van der Waals surface area contributed by atoms with Crippen LogP contribution in [0.4, 0.5) is 0 Å². The van der Waals surface area contributed by atoms with Crippen LogP contribution in [0, 0.1) is 47.3 Å². The van der Waals surface area contributed by atoms with Crippen LogP contribution >= 0.6 is 0 Å². The number of rotatable bonds is 2. The van der Waals surface area contributed by atoms with Gasteiger partial charge in [0.2, 0.25) is 0 Å². The molecule has 0 radical (unpaired) electrons. The van der Waals surface area contributed by atoms with Gasteiger partial charge < -0.3 is 4.74 Å². The van der Waals surface area contributed by atoms with Crippen molar-refractivity contribution >= 4 is 11.8 Å². The number of ketones is 1. The molecule has 0 aromatic heterocycles. The summed E-state index contributed by atoms with van der Waals surface area (Å²) in [4.78, 5) is 20.4. The number of allylic oxidation sites excluding steroid dienone is 3. The number of ether oxygens (including phenoxy) is 1. The third kappa shape index (κ3) is 3.00. The number of carbonyl (C=O) groups excluding carboxylic acids is 2. The van der Waals surface area contributed by atoms with Gasteiger partial charge >= 0.3 is 5.97 Å². The highest BCUT2D eigenvalue weighted by molar-refractivity contribution is 5.94. The zero-order valence-corrected chi connectivity index (χ0v) is 14.7. The molecular formula is C22H32O3. The van der Waals surface area contributed by atoms with Crippen molar-refractivity contribution < 1.29 is 14.3 Å². The maximum atomic E-state index is 10.3. The van der Waals surface area contributed by atoms with E-state index in [0.29, 0.717) is 0 Å². The standard InChI is InChI=1S/C15H20.C6H8O3.CH4/c1-2-10-11(3-1)13-7-12(10)14-8-4-5-9(6-8)15(13)14;1-5(7)3-4-6(8)9-2;/h1-2,8-15H,3-7H2;3-4H,1-2H3;1H4. The van der Waals surface area contributed by atoms with Crippen molar-refractivity contribution in [3.63, 3.8) is 0 Å². The SMILES string of the molecule is C.C1=CC2C(C1)C1CC2C2C3CCC(C3)C12.COC(=O)C=CC(C)=O. The molecule has 4 bridgehead atoms. The predicted molar refractivity (Wildman–Crippen MR) is 98.7 cm³/mol. The van der Waals surface area contributed by atoms with E-state index in [2.05, 4.69) is 16.9 Å². The van der Waals surface area contributed by atoms with Crippen LogP contribution in [0.2, 0.25) is 0 Å². The largest absolute Gasteiger partial charge is 0.466 e. The van der Waals surface area contributed by atoms with Gasteiger partial charge in [0.05, 0.1) is 7.11 Å². The molecule has 0 aliphatic heterocycles. The molecule has 0 saturated heterocycles. The Kier molecular flexibility index (Phi) is 5.22. The lowest BCUT2D eigenvalue weighted by molar-refractivity contribution is -0.135. The lowest BCUT2D eigenvalue weighted by atomic mass is 9.64. The molecule has 4 fully saturated rings. The van der Waals surface area contributed by atoms with Crippen molar-refractivity contribution in [1.82, 2.24) is 0 Å². The molecule has 3 nitrogen and oxygen atoms in total. The molecule has 5 aliphatic rings. The van der Waals surface area contributed by atoms with E-state index < -0.39 is 5.97 Å². The highest BCUT2D eigenvalue weighted by atomic mass is 16.5. The van der Waals surface area contributed by atoms with E-state index in [1.807, 2.05) is 0 Å². The first-order chi connectivity index (χ1) is 11.6. The average Bonchev–Trinajstić information content (AvgIpc) is 3.35. The van der Waals surface area contributed by atoms with Gasteiger partial charge in [-0.25, -0.2) is 4.79 Å². The predicted octanol–water partition coefficient (Wildman–Crippen LogP) is 4.43. The minimum atomic E-state index is -0.509. The molecule has 0 aromatic rings. The maximum absolute atomic E-state index is 10.3. The molecule has 5 rings (SSSR count). The third-order valence-corrected chi connectivity index (χ3v) is 7.54. The van der Waals surface area contributed by atoms with Crippen LogP contribution in [-0.4, -0.2) is 18.9 Å². The van der Waals surface area contributed by atoms with Crippen LogP contribution in [0.15, 0.2) is 24.3 Å². The number of hydrogen-bond acceptors (Lipinski definition) is 3. The van der Waals surface area contributed by atoms with Gasteiger partial charge in [0.25, 0.3) is 0 Å².